The minimum Gasteiger partial charge on any atom is -0.494 e. The zero-order valence-electron chi connectivity index (χ0n) is 9.93. The second-order valence-corrected chi connectivity index (χ2v) is 4.68. The third-order valence-corrected chi connectivity index (χ3v) is 3.30. The molecule has 0 aliphatic carbocycles. The summed E-state index contributed by atoms with van der Waals surface area (Å²) in [7, 11) is 0. The Morgan fingerprint density at radius 3 is 2.88 bits per heavy atom. The number of aliphatic hydroxyl groups excluding tert-OH is 2. The summed E-state index contributed by atoms with van der Waals surface area (Å²) in [5.41, 5.74) is 7.44. The van der Waals surface area contributed by atoms with Gasteiger partial charge in [0, 0.05) is 22.8 Å². The molecule has 1 unspecified atom stereocenters. The number of benzene rings is 1. The predicted molar refractivity (Wildman–Crippen MR) is 71.3 cm³/mol. The smallest absolute Gasteiger partial charge is 0.123 e. The van der Waals surface area contributed by atoms with Gasteiger partial charge in [-0.1, -0.05) is 0 Å². The molecule has 0 amide bonds. The van der Waals surface area contributed by atoms with Gasteiger partial charge in [-0.25, -0.2) is 0 Å². The molecule has 0 saturated heterocycles. The Hall–Kier alpha value is -0.910. The van der Waals surface area contributed by atoms with Gasteiger partial charge in [-0.05, 0) is 25.1 Å². The molecular formula is C12H19NO3S. The van der Waals surface area contributed by atoms with Gasteiger partial charge < -0.3 is 20.7 Å². The number of hydrogen-bond donors (Lipinski definition) is 3. The standard InChI is InChI=1S/C12H19NO3S/c1-2-16-12-4-3-10(13)5-9(12)7-17-8-11(15)6-14/h3-5,11,14-15H,2,6-8,13H2,1H3. The van der Waals surface area contributed by atoms with Crippen LogP contribution in [0, 0.1) is 0 Å². The zero-order chi connectivity index (χ0) is 12.7. The van der Waals surface area contributed by atoms with Crippen LogP contribution in [-0.2, 0) is 5.75 Å². The van der Waals surface area contributed by atoms with Crippen molar-refractivity contribution in [3.8, 4) is 5.75 Å². The van der Waals surface area contributed by atoms with Crippen molar-refractivity contribution >= 4 is 17.4 Å². The number of ether oxygens (including phenoxy) is 1. The number of thioether (sulfide) groups is 1. The molecule has 4 N–H and O–H groups in total. The third-order valence-electron chi connectivity index (χ3n) is 2.16. The van der Waals surface area contributed by atoms with Crippen molar-refractivity contribution < 1.29 is 14.9 Å². The van der Waals surface area contributed by atoms with E-state index in [1.165, 1.54) is 0 Å². The summed E-state index contributed by atoms with van der Waals surface area (Å²) in [5.74, 6) is 2.03. The molecule has 96 valence electrons. The molecule has 0 bridgehead atoms. The van der Waals surface area contributed by atoms with Crippen LogP contribution >= 0.6 is 11.8 Å². The molecule has 1 aromatic carbocycles. The maximum atomic E-state index is 9.24. The molecule has 0 fully saturated rings. The van der Waals surface area contributed by atoms with Gasteiger partial charge in [0.25, 0.3) is 0 Å². The van der Waals surface area contributed by atoms with Gasteiger partial charge in [-0.3, -0.25) is 0 Å². The first-order valence-electron chi connectivity index (χ1n) is 5.55. The number of hydrogen-bond acceptors (Lipinski definition) is 5. The van der Waals surface area contributed by atoms with E-state index in [9.17, 15) is 5.11 Å². The van der Waals surface area contributed by atoms with E-state index in [1.807, 2.05) is 25.1 Å². The van der Waals surface area contributed by atoms with Crippen LogP contribution in [0.3, 0.4) is 0 Å². The largest absolute Gasteiger partial charge is 0.494 e. The highest BCUT2D eigenvalue weighted by molar-refractivity contribution is 7.98. The number of nitrogen functional groups attached to an aromatic ring is 1. The molecule has 5 heteroatoms. The van der Waals surface area contributed by atoms with Gasteiger partial charge >= 0.3 is 0 Å². The Morgan fingerprint density at radius 1 is 1.47 bits per heavy atom. The fraction of sp³-hybridized carbons (Fsp3) is 0.500. The lowest BCUT2D eigenvalue weighted by atomic mass is 10.2. The summed E-state index contributed by atoms with van der Waals surface area (Å²) in [6.45, 7) is 2.34. The first-order valence-corrected chi connectivity index (χ1v) is 6.70. The average molecular weight is 257 g/mol. The van der Waals surface area contributed by atoms with Gasteiger partial charge in [0.15, 0.2) is 0 Å². The highest BCUT2D eigenvalue weighted by Crippen LogP contribution is 2.26. The van der Waals surface area contributed by atoms with Gasteiger partial charge in [-0.2, -0.15) is 11.8 Å². The molecule has 1 rings (SSSR count). The summed E-state index contributed by atoms with van der Waals surface area (Å²) >= 11 is 1.54. The van der Waals surface area contributed by atoms with E-state index in [2.05, 4.69) is 0 Å². The Bertz CT molecular complexity index is 347. The van der Waals surface area contributed by atoms with Gasteiger partial charge in [0.1, 0.15) is 5.75 Å². The molecule has 4 nitrogen and oxygen atoms in total. The summed E-state index contributed by atoms with van der Waals surface area (Å²) in [6.07, 6.45) is -0.670. The number of aliphatic hydroxyl groups is 2. The fourth-order valence-corrected chi connectivity index (χ4v) is 2.31. The van der Waals surface area contributed by atoms with E-state index in [4.69, 9.17) is 15.6 Å². The minimum absolute atomic E-state index is 0.206. The number of anilines is 1. The zero-order valence-corrected chi connectivity index (χ0v) is 10.7. The summed E-state index contributed by atoms with van der Waals surface area (Å²) < 4.78 is 5.50. The van der Waals surface area contributed by atoms with Crippen molar-refractivity contribution in [3.05, 3.63) is 23.8 Å². The molecule has 0 aromatic heterocycles. The van der Waals surface area contributed by atoms with Crippen molar-refractivity contribution in [2.45, 2.75) is 18.8 Å². The predicted octanol–water partition coefficient (Wildman–Crippen LogP) is 1.25. The Labute approximate surface area is 106 Å². The number of rotatable bonds is 7. The van der Waals surface area contributed by atoms with E-state index in [1.54, 1.807) is 11.8 Å². The quantitative estimate of drug-likeness (QED) is 0.641. The second-order valence-electron chi connectivity index (χ2n) is 3.65. The van der Waals surface area contributed by atoms with Crippen molar-refractivity contribution in [1.82, 2.24) is 0 Å². The van der Waals surface area contributed by atoms with E-state index < -0.39 is 6.10 Å². The van der Waals surface area contributed by atoms with Crippen molar-refractivity contribution in [3.63, 3.8) is 0 Å². The molecule has 0 saturated carbocycles. The van der Waals surface area contributed by atoms with E-state index in [-0.39, 0.29) is 6.61 Å². The van der Waals surface area contributed by atoms with Crippen LogP contribution < -0.4 is 10.5 Å². The number of nitrogens with two attached hydrogens (primary N) is 1. The molecule has 0 aliphatic rings. The lowest BCUT2D eigenvalue weighted by Gasteiger charge is -2.11. The van der Waals surface area contributed by atoms with Crippen LogP contribution in [0.1, 0.15) is 12.5 Å². The van der Waals surface area contributed by atoms with Crippen LogP contribution in [0.25, 0.3) is 0 Å². The first kappa shape index (κ1) is 14.2. The fourth-order valence-electron chi connectivity index (χ4n) is 1.37. The van der Waals surface area contributed by atoms with Crippen LogP contribution in [0.2, 0.25) is 0 Å². The van der Waals surface area contributed by atoms with Crippen LogP contribution in [0.5, 0.6) is 5.75 Å². The molecule has 0 spiro atoms. The molecular weight excluding hydrogens is 238 g/mol. The maximum absolute atomic E-state index is 9.24. The Balaban J connectivity index is 2.58. The third kappa shape index (κ3) is 4.85. The molecule has 0 heterocycles. The van der Waals surface area contributed by atoms with Gasteiger partial charge in [0.05, 0.1) is 19.3 Å². The normalized spacial score (nSPS) is 12.4. The molecule has 0 aliphatic heterocycles. The van der Waals surface area contributed by atoms with Crippen LogP contribution in [-0.4, -0.2) is 35.3 Å². The van der Waals surface area contributed by atoms with Gasteiger partial charge in [0.2, 0.25) is 0 Å². The monoisotopic (exact) mass is 257 g/mol. The van der Waals surface area contributed by atoms with E-state index >= 15 is 0 Å². The minimum atomic E-state index is -0.670. The first-order chi connectivity index (χ1) is 8.17. The lowest BCUT2D eigenvalue weighted by Crippen LogP contribution is -2.14. The van der Waals surface area contributed by atoms with Gasteiger partial charge in [-0.15, -0.1) is 0 Å². The van der Waals surface area contributed by atoms with Crippen LogP contribution in [0.4, 0.5) is 5.69 Å². The Morgan fingerprint density at radius 2 is 2.24 bits per heavy atom. The van der Waals surface area contributed by atoms with Crippen LogP contribution in [0.15, 0.2) is 18.2 Å². The van der Waals surface area contributed by atoms with E-state index in [0.29, 0.717) is 23.8 Å². The van der Waals surface area contributed by atoms with Crippen molar-refractivity contribution in [2.75, 3.05) is 24.7 Å². The van der Waals surface area contributed by atoms with Crippen molar-refractivity contribution in [1.29, 1.82) is 0 Å². The lowest BCUT2D eigenvalue weighted by molar-refractivity contribution is 0.113. The highest BCUT2D eigenvalue weighted by Gasteiger charge is 2.06. The molecule has 1 atom stereocenters. The summed E-state index contributed by atoms with van der Waals surface area (Å²) in [5, 5.41) is 17.9. The molecule has 17 heavy (non-hydrogen) atoms. The highest BCUT2D eigenvalue weighted by atomic mass is 32.2. The molecule has 1 aromatic rings. The summed E-state index contributed by atoms with van der Waals surface area (Å²) in [4.78, 5) is 0. The van der Waals surface area contributed by atoms with Crippen molar-refractivity contribution in [2.24, 2.45) is 0 Å². The maximum Gasteiger partial charge on any atom is 0.123 e. The molecule has 0 radical (unpaired) electrons. The average Bonchev–Trinajstić information content (AvgIpc) is 2.32. The second kappa shape index (κ2) is 7.42. The Kier molecular flexibility index (Phi) is 6.18. The SMILES string of the molecule is CCOc1ccc(N)cc1CSCC(O)CO. The summed E-state index contributed by atoms with van der Waals surface area (Å²) in [6, 6.07) is 5.54. The topological polar surface area (TPSA) is 75.7 Å². The van der Waals surface area contributed by atoms with E-state index in [0.717, 1.165) is 11.3 Å².